The van der Waals surface area contributed by atoms with Crippen LogP contribution in [0.5, 0.6) is 0 Å². The molecule has 1 heterocycles. The Morgan fingerprint density at radius 1 is 1.11 bits per heavy atom. The van der Waals surface area contributed by atoms with E-state index in [-0.39, 0.29) is 23.8 Å². The van der Waals surface area contributed by atoms with E-state index in [1.54, 1.807) is 0 Å². The van der Waals surface area contributed by atoms with Crippen molar-refractivity contribution in [2.24, 2.45) is 5.92 Å². The van der Waals surface area contributed by atoms with E-state index >= 15 is 0 Å². The molecule has 1 atom stereocenters. The lowest BCUT2D eigenvalue weighted by atomic mass is 9.90. The monoisotopic (exact) mass is 371 g/mol. The maximum Gasteiger partial charge on any atom is 0.259 e. The second-order valence-corrected chi connectivity index (χ2v) is 7.10. The summed E-state index contributed by atoms with van der Waals surface area (Å²) in [6, 6.07) is 12.2. The van der Waals surface area contributed by atoms with Crippen molar-refractivity contribution in [3.63, 3.8) is 0 Å². The van der Waals surface area contributed by atoms with Crippen molar-refractivity contribution in [1.82, 2.24) is 4.90 Å². The highest BCUT2D eigenvalue weighted by Crippen LogP contribution is 2.24. The molecule has 1 amide bonds. The third-order valence-electron chi connectivity index (χ3n) is 5.16. The largest absolute Gasteiger partial charge is 0.338 e. The van der Waals surface area contributed by atoms with Crippen LogP contribution in [0.1, 0.15) is 40.7 Å². The highest BCUT2D eigenvalue weighted by Gasteiger charge is 2.31. The summed E-state index contributed by atoms with van der Waals surface area (Å²) in [5.41, 5.74) is 0.804. The zero-order valence-electron chi connectivity index (χ0n) is 15.4. The first-order valence-electron chi connectivity index (χ1n) is 9.28. The quantitative estimate of drug-likeness (QED) is 0.785. The van der Waals surface area contributed by atoms with Gasteiger partial charge in [-0.3, -0.25) is 9.59 Å². The zero-order valence-corrected chi connectivity index (χ0v) is 15.4. The highest BCUT2D eigenvalue weighted by atomic mass is 19.1. The predicted molar refractivity (Wildman–Crippen MR) is 99.5 cm³/mol. The minimum absolute atomic E-state index is 0.0986. The van der Waals surface area contributed by atoms with Crippen LogP contribution in [0.3, 0.4) is 0 Å². The number of amides is 1. The number of hydrogen-bond donors (Lipinski definition) is 0. The number of rotatable bonds is 5. The van der Waals surface area contributed by atoms with Gasteiger partial charge in [0.05, 0.1) is 0 Å². The average Bonchev–Trinajstić information content (AvgIpc) is 2.70. The molecule has 2 aromatic rings. The second-order valence-electron chi connectivity index (χ2n) is 7.10. The molecule has 142 valence electrons. The van der Waals surface area contributed by atoms with Gasteiger partial charge in [-0.2, -0.15) is 0 Å². The topological polar surface area (TPSA) is 37.4 Å². The first-order valence-corrected chi connectivity index (χ1v) is 9.28. The van der Waals surface area contributed by atoms with Gasteiger partial charge in [-0.25, -0.2) is 8.78 Å². The molecule has 3 nitrogen and oxygen atoms in total. The molecule has 0 bridgehead atoms. The third-order valence-corrected chi connectivity index (χ3v) is 5.16. The molecule has 1 aliphatic heterocycles. The summed E-state index contributed by atoms with van der Waals surface area (Å²) in [5, 5.41) is 0. The van der Waals surface area contributed by atoms with Crippen LogP contribution in [0.15, 0.2) is 42.5 Å². The molecule has 3 rings (SSSR count). The normalized spacial score (nSPS) is 17.0. The van der Waals surface area contributed by atoms with Crippen molar-refractivity contribution in [2.45, 2.75) is 32.6 Å². The zero-order chi connectivity index (χ0) is 19.4. The van der Waals surface area contributed by atoms with Crippen molar-refractivity contribution in [3.05, 3.63) is 70.8 Å². The van der Waals surface area contributed by atoms with E-state index in [2.05, 4.69) is 0 Å². The first kappa shape index (κ1) is 19.2. The summed E-state index contributed by atoms with van der Waals surface area (Å²) < 4.78 is 28.3. The summed E-state index contributed by atoms with van der Waals surface area (Å²) in [5.74, 6) is -2.53. The van der Waals surface area contributed by atoms with Crippen LogP contribution in [0, 0.1) is 24.5 Å². The molecule has 1 fully saturated rings. The number of piperidine rings is 1. The lowest BCUT2D eigenvalue weighted by molar-refractivity contribution is -0.124. The molecule has 0 aliphatic carbocycles. The highest BCUT2D eigenvalue weighted by molar-refractivity contribution is 5.95. The smallest absolute Gasteiger partial charge is 0.259 e. The van der Waals surface area contributed by atoms with E-state index in [0.29, 0.717) is 32.2 Å². The van der Waals surface area contributed by atoms with E-state index in [0.717, 1.165) is 11.6 Å². The van der Waals surface area contributed by atoms with E-state index in [4.69, 9.17) is 0 Å². The van der Waals surface area contributed by atoms with Crippen molar-refractivity contribution in [1.29, 1.82) is 0 Å². The summed E-state index contributed by atoms with van der Waals surface area (Å²) >= 11 is 0. The van der Waals surface area contributed by atoms with Gasteiger partial charge in [0.25, 0.3) is 5.91 Å². The Hall–Kier alpha value is -2.56. The number of carbonyl (C=O) groups is 2. The fourth-order valence-corrected chi connectivity index (χ4v) is 3.55. The fourth-order valence-electron chi connectivity index (χ4n) is 3.55. The summed E-state index contributed by atoms with van der Waals surface area (Å²) in [6.45, 7) is 2.13. The molecule has 1 saturated heterocycles. The standard InChI is InChI=1S/C22H23F2NO2/c1-15-9-11-18(23)20(21(15)24)22(27)25-13-5-8-17(14-25)19(26)12-10-16-6-3-2-4-7-16/h2-4,6-7,9,11,17H,5,8,10,12-14H2,1H3. The van der Waals surface area contributed by atoms with Gasteiger partial charge < -0.3 is 4.90 Å². The van der Waals surface area contributed by atoms with Crippen molar-refractivity contribution in [3.8, 4) is 0 Å². The number of nitrogens with zero attached hydrogens (tertiary/aromatic N) is 1. The number of likely N-dealkylation sites (tertiary alicyclic amines) is 1. The Bertz CT molecular complexity index is 836. The minimum atomic E-state index is -0.861. The van der Waals surface area contributed by atoms with Gasteiger partial charge in [0.2, 0.25) is 0 Å². The van der Waals surface area contributed by atoms with Crippen LogP contribution in [0.4, 0.5) is 8.78 Å². The Morgan fingerprint density at radius 3 is 2.59 bits per heavy atom. The molecule has 1 aliphatic rings. The number of carbonyl (C=O) groups excluding carboxylic acids is 2. The number of ketones is 1. The summed E-state index contributed by atoms with van der Waals surface area (Å²) in [7, 11) is 0. The van der Waals surface area contributed by atoms with E-state index in [9.17, 15) is 18.4 Å². The van der Waals surface area contributed by atoms with E-state index < -0.39 is 23.1 Å². The lowest BCUT2D eigenvalue weighted by Crippen LogP contribution is -2.43. The van der Waals surface area contributed by atoms with E-state index in [1.165, 1.54) is 17.9 Å². The van der Waals surface area contributed by atoms with Crippen molar-refractivity contribution in [2.75, 3.05) is 13.1 Å². The Morgan fingerprint density at radius 2 is 1.85 bits per heavy atom. The maximum absolute atomic E-state index is 14.3. The van der Waals surface area contributed by atoms with Crippen molar-refractivity contribution >= 4 is 11.7 Å². The van der Waals surface area contributed by atoms with Gasteiger partial charge in [-0.05, 0) is 43.4 Å². The van der Waals surface area contributed by atoms with Crippen LogP contribution in [0.25, 0.3) is 0 Å². The molecule has 2 aromatic carbocycles. The molecular formula is C22H23F2NO2. The molecule has 0 radical (unpaired) electrons. The molecular weight excluding hydrogens is 348 g/mol. The number of benzene rings is 2. The molecule has 0 N–H and O–H groups in total. The predicted octanol–water partition coefficient (Wildman–Crippen LogP) is 4.33. The SMILES string of the molecule is Cc1ccc(F)c(C(=O)N2CCCC(C(=O)CCc3ccccc3)C2)c1F. The Balaban J connectivity index is 1.66. The second kappa shape index (κ2) is 8.42. The van der Waals surface area contributed by atoms with Crippen LogP contribution in [-0.4, -0.2) is 29.7 Å². The van der Waals surface area contributed by atoms with Crippen LogP contribution in [-0.2, 0) is 11.2 Å². The fraction of sp³-hybridized carbons (Fsp3) is 0.364. The molecule has 0 spiro atoms. The van der Waals surface area contributed by atoms with Crippen LogP contribution in [0.2, 0.25) is 0 Å². The van der Waals surface area contributed by atoms with Gasteiger partial charge in [0.15, 0.2) is 0 Å². The molecule has 1 unspecified atom stereocenters. The van der Waals surface area contributed by atoms with Crippen LogP contribution < -0.4 is 0 Å². The Labute approximate surface area is 158 Å². The first-order chi connectivity index (χ1) is 13.0. The number of aryl methyl sites for hydroxylation is 2. The molecule has 5 heteroatoms. The molecule has 0 aromatic heterocycles. The maximum atomic E-state index is 14.3. The summed E-state index contributed by atoms with van der Waals surface area (Å²) in [6.07, 6.45) is 2.42. The third kappa shape index (κ3) is 4.41. The number of hydrogen-bond acceptors (Lipinski definition) is 2. The van der Waals surface area contributed by atoms with Crippen LogP contribution >= 0.6 is 0 Å². The van der Waals surface area contributed by atoms with Gasteiger partial charge in [0, 0.05) is 25.4 Å². The molecule has 0 saturated carbocycles. The summed E-state index contributed by atoms with van der Waals surface area (Å²) in [4.78, 5) is 26.7. The van der Waals surface area contributed by atoms with E-state index in [1.807, 2.05) is 30.3 Å². The van der Waals surface area contributed by atoms with Gasteiger partial charge in [-0.15, -0.1) is 0 Å². The number of Topliss-reactive ketones (excluding diaryl/α,β-unsaturated/α-hetero) is 1. The minimum Gasteiger partial charge on any atom is -0.338 e. The molecule has 27 heavy (non-hydrogen) atoms. The lowest BCUT2D eigenvalue weighted by Gasteiger charge is -2.32. The van der Waals surface area contributed by atoms with Gasteiger partial charge >= 0.3 is 0 Å². The Kier molecular flexibility index (Phi) is 5.99. The average molecular weight is 371 g/mol. The van der Waals surface area contributed by atoms with Crippen molar-refractivity contribution < 1.29 is 18.4 Å². The van der Waals surface area contributed by atoms with Gasteiger partial charge in [0.1, 0.15) is 23.0 Å². The van der Waals surface area contributed by atoms with Gasteiger partial charge in [-0.1, -0.05) is 36.4 Å². The number of halogens is 2.